The second-order valence-electron chi connectivity index (χ2n) is 9.85. The summed E-state index contributed by atoms with van der Waals surface area (Å²) in [6, 6.07) is 7.19. The van der Waals surface area contributed by atoms with Gasteiger partial charge in [0.25, 0.3) is 0 Å². The molecule has 2 aliphatic rings. The standard InChI is InChI=1S/C24H28F3N5O3/c1-23(2,34)21-29-20(35-30-21)18-10-17(16-4-3-5-19(11-16)24(25,26)27)13-32(14-18)22(33)31-8-6-15(12-28)7-9-31/h3-5,11,15,17-18,34H,6-10,13-14H2,1-2H3. The summed E-state index contributed by atoms with van der Waals surface area (Å²) in [4.78, 5) is 21.0. The van der Waals surface area contributed by atoms with Crippen molar-refractivity contribution in [3.05, 3.63) is 47.1 Å². The number of likely N-dealkylation sites (tertiary alicyclic amines) is 2. The second-order valence-corrected chi connectivity index (χ2v) is 9.85. The monoisotopic (exact) mass is 491 g/mol. The zero-order valence-electron chi connectivity index (χ0n) is 19.6. The van der Waals surface area contributed by atoms with E-state index in [2.05, 4.69) is 16.2 Å². The Labute approximate surface area is 201 Å². The van der Waals surface area contributed by atoms with Crippen molar-refractivity contribution in [1.82, 2.24) is 19.9 Å². The van der Waals surface area contributed by atoms with Gasteiger partial charge in [0.1, 0.15) is 5.60 Å². The lowest BCUT2D eigenvalue weighted by Gasteiger charge is -2.40. The number of carbonyl (C=O) groups is 1. The summed E-state index contributed by atoms with van der Waals surface area (Å²) in [5.41, 5.74) is -1.58. The first-order chi connectivity index (χ1) is 16.5. The van der Waals surface area contributed by atoms with Gasteiger partial charge < -0.3 is 19.4 Å². The van der Waals surface area contributed by atoms with Crippen LogP contribution < -0.4 is 0 Å². The Bertz CT molecular complexity index is 1100. The molecule has 0 spiro atoms. The van der Waals surface area contributed by atoms with E-state index >= 15 is 0 Å². The molecule has 2 aromatic rings. The van der Waals surface area contributed by atoms with E-state index in [1.807, 2.05) is 0 Å². The Kier molecular flexibility index (Phi) is 6.77. The smallest absolute Gasteiger partial charge is 0.382 e. The van der Waals surface area contributed by atoms with Crippen LogP contribution in [0.2, 0.25) is 0 Å². The predicted octanol–water partition coefficient (Wildman–Crippen LogP) is 4.24. The van der Waals surface area contributed by atoms with Gasteiger partial charge in [0.05, 0.1) is 17.6 Å². The number of carbonyl (C=O) groups excluding carboxylic acids is 1. The quantitative estimate of drug-likeness (QED) is 0.688. The van der Waals surface area contributed by atoms with E-state index in [1.165, 1.54) is 19.9 Å². The molecule has 2 atom stereocenters. The number of piperidine rings is 2. The number of nitriles is 1. The minimum atomic E-state index is -4.47. The second kappa shape index (κ2) is 9.49. The van der Waals surface area contributed by atoms with Gasteiger partial charge in [-0.2, -0.15) is 23.4 Å². The van der Waals surface area contributed by atoms with Crippen molar-refractivity contribution in [2.45, 2.75) is 56.7 Å². The fraction of sp³-hybridized carbons (Fsp3) is 0.583. The molecule has 2 saturated heterocycles. The van der Waals surface area contributed by atoms with Crippen LogP contribution in [0.1, 0.15) is 67.8 Å². The number of hydrogen-bond donors (Lipinski definition) is 1. The number of nitrogens with zero attached hydrogens (tertiary/aromatic N) is 5. The van der Waals surface area contributed by atoms with Gasteiger partial charge >= 0.3 is 12.2 Å². The molecule has 11 heteroatoms. The lowest BCUT2D eigenvalue weighted by atomic mass is 9.84. The van der Waals surface area contributed by atoms with E-state index in [-0.39, 0.29) is 42.7 Å². The molecule has 0 saturated carbocycles. The number of aromatic nitrogens is 2. The van der Waals surface area contributed by atoms with E-state index in [4.69, 9.17) is 9.78 Å². The lowest BCUT2D eigenvalue weighted by Crippen LogP contribution is -2.51. The van der Waals surface area contributed by atoms with Crippen LogP contribution in [0.3, 0.4) is 0 Å². The van der Waals surface area contributed by atoms with E-state index < -0.39 is 23.3 Å². The van der Waals surface area contributed by atoms with Crippen LogP contribution in [-0.4, -0.2) is 57.3 Å². The van der Waals surface area contributed by atoms with Crippen LogP contribution in [0.25, 0.3) is 0 Å². The largest absolute Gasteiger partial charge is 0.416 e. The maximum absolute atomic E-state index is 13.4. The number of rotatable bonds is 3. The van der Waals surface area contributed by atoms with Gasteiger partial charge in [-0.1, -0.05) is 23.4 Å². The van der Waals surface area contributed by atoms with Crippen molar-refractivity contribution >= 4 is 6.03 Å². The molecule has 4 rings (SSSR count). The third-order valence-electron chi connectivity index (χ3n) is 6.69. The summed E-state index contributed by atoms with van der Waals surface area (Å²) in [5, 5.41) is 23.2. The molecule has 188 valence electrons. The number of alkyl halides is 3. The molecular formula is C24H28F3N5O3. The van der Waals surface area contributed by atoms with Crippen LogP contribution >= 0.6 is 0 Å². The summed E-state index contributed by atoms with van der Waals surface area (Å²) in [7, 11) is 0. The fourth-order valence-electron chi connectivity index (χ4n) is 4.69. The third kappa shape index (κ3) is 5.59. The average molecular weight is 492 g/mol. The first-order valence-corrected chi connectivity index (χ1v) is 11.6. The molecule has 8 nitrogen and oxygen atoms in total. The Morgan fingerprint density at radius 1 is 1.17 bits per heavy atom. The van der Waals surface area contributed by atoms with Gasteiger partial charge in [-0.05, 0) is 44.7 Å². The molecule has 0 bridgehead atoms. The minimum Gasteiger partial charge on any atom is -0.382 e. The van der Waals surface area contributed by atoms with Crippen LogP contribution in [-0.2, 0) is 11.8 Å². The van der Waals surface area contributed by atoms with Crippen LogP contribution in [0.4, 0.5) is 18.0 Å². The number of urea groups is 1. The van der Waals surface area contributed by atoms with E-state index in [0.29, 0.717) is 37.9 Å². The van der Waals surface area contributed by atoms with Crippen LogP contribution in [0.5, 0.6) is 0 Å². The predicted molar refractivity (Wildman–Crippen MR) is 118 cm³/mol. The van der Waals surface area contributed by atoms with E-state index in [1.54, 1.807) is 15.9 Å². The van der Waals surface area contributed by atoms with Crippen molar-refractivity contribution in [1.29, 1.82) is 5.26 Å². The molecule has 2 fully saturated rings. The van der Waals surface area contributed by atoms with Gasteiger partial charge in [0.2, 0.25) is 11.7 Å². The SMILES string of the molecule is CC(C)(O)c1noc(C2CC(c3cccc(C(F)(F)F)c3)CN(C(=O)N3CCC(C#N)CC3)C2)n1. The molecule has 35 heavy (non-hydrogen) atoms. The molecule has 1 N–H and O–H groups in total. The maximum atomic E-state index is 13.4. The summed E-state index contributed by atoms with van der Waals surface area (Å²) < 4.78 is 45.5. The summed E-state index contributed by atoms with van der Waals surface area (Å²) in [6.45, 7) is 4.47. The molecule has 2 aliphatic heterocycles. The third-order valence-corrected chi connectivity index (χ3v) is 6.69. The first kappa shape index (κ1) is 25.0. The van der Waals surface area contributed by atoms with Crippen LogP contribution in [0, 0.1) is 17.2 Å². The molecule has 0 radical (unpaired) electrons. The van der Waals surface area contributed by atoms with Crippen LogP contribution in [0.15, 0.2) is 28.8 Å². The number of halogens is 3. The number of amides is 2. The maximum Gasteiger partial charge on any atom is 0.416 e. The Hall–Kier alpha value is -3.13. The van der Waals surface area contributed by atoms with Gasteiger partial charge in [0, 0.05) is 38.0 Å². The van der Waals surface area contributed by atoms with Gasteiger partial charge in [-0.15, -0.1) is 0 Å². The number of benzene rings is 1. The van der Waals surface area contributed by atoms with Gasteiger partial charge in [-0.25, -0.2) is 4.79 Å². The van der Waals surface area contributed by atoms with Crippen molar-refractivity contribution in [3.8, 4) is 6.07 Å². The Balaban J connectivity index is 1.61. The zero-order chi connectivity index (χ0) is 25.4. The number of aliphatic hydroxyl groups is 1. The van der Waals surface area contributed by atoms with E-state index in [9.17, 15) is 23.1 Å². The summed E-state index contributed by atoms with van der Waals surface area (Å²) in [6.07, 6.45) is -2.88. The highest BCUT2D eigenvalue weighted by atomic mass is 19.4. The number of hydrogen-bond acceptors (Lipinski definition) is 6. The zero-order valence-corrected chi connectivity index (χ0v) is 19.6. The van der Waals surface area contributed by atoms with Crippen molar-refractivity contribution < 1.29 is 27.6 Å². The molecule has 3 heterocycles. The Morgan fingerprint density at radius 2 is 1.86 bits per heavy atom. The minimum absolute atomic E-state index is 0.0790. The molecule has 1 aromatic heterocycles. The van der Waals surface area contributed by atoms with Crippen molar-refractivity contribution in [2.24, 2.45) is 5.92 Å². The fourth-order valence-corrected chi connectivity index (χ4v) is 4.69. The molecule has 2 unspecified atom stereocenters. The Morgan fingerprint density at radius 3 is 2.46 bits per heavy atom. The highest BCUT2D eigenvalue weighted by Crippen LogP contribution is 2.38. The van der Waals surface area contributed by atoms with Crippen molar-refractivity contribution in [3.63, 3.8) is 0 Å². The summed E-state index contributed by atoms with van der Waals surface area (Å²) >= 11 is 0. The van der Waals surface area contributed by atoms with Gasteiger partial charge in [-0.3, -0.25) is 0 Å². The molecule has 1 aromatic carbocycles. The van der Waals surface area contributed by atoms with E-state index in [0.717, 1.165) is 12.1 Å². The average Bonchev–Trinajstić information content (AvgIpc) is 3.34. The topological polar surface area (TPSA) is 106 Å². The molecule has 2 amide bonds. The van der Waals surface area contributed by atoms with Crippen molar-refractivity contribution in [2.75, 3.05) is 26.2 Å². The normalized spacial score (nSPS) is 22.2. The highest BCUT2D eigenvalue weighted by Gasteiger charge is 2.38. The highest BCUT2D eigenvalue weighted by molar-refractivity contribution is 5.75. The lowest BCUT2D eigenvalue weighted by molar-refractivity contribution is -0.137. The molecular weight excluding hydrogens is 463 g/mol. The molecule has 0 aliphatic carbocycles. The first-order valence-electron chi connectivity index (χ1n) is 11.6. The van der Waals surface area contributed by atoms with Gasteiger partial charge in [0.15, 0.2) is 0 Å². The summed E-state index contributed by atoms with van der Waals surface area (Å²) in [5.74, 6) is -0.531.